The fourth-order valence-corrected chi connectivity index (χ4v) is 5.26. The highest BCUT2D eigenvalue weighted by atomic mass is 35.5. The first-order chi connectivity index (χ1) is 12.5. The highest BCUT2D eigenvalue weighted by molar-refractivity contribution is 7.99. The summed E-state index contributed by atoms with van der Waals surface area (Å²) in [6.07, 6.45) is 2.05. The molecule has 4 N–H and O–H groups in total. The molecule has 0 radical (unpaired) electrons. The third-order valence-electron chi connectivity index (χ3n) is 4.19. The average molecular weight is 431 g/mol. The molecule has 7 nitrogen and oxygen atoms in total. The van der Waals surface area contributed by atoms with Crippen LogP contribution in [0, 0.1) is 0 Å². The number of nitrogen functional groups attached to an aromatic ring is 1. The van der Waals surface area contributed by atoms with Crippen LogP contribution in [-0.2, 0) is 16.4 Å². The molecule has 0 unspecified atom stereocenters. The van der Waals surface area contributed by atoms with Gasteiger partial charge in [-0.05, 0) is 30.2 Å². The SMILES string of the molecule is Cl.Nc1ccc(CCNC(=O)c2cc(S(=O)(=O)N3CCSCC3)c[nH]2)cc1. The second-order valence-electron chi connectivity index (χ2n) is 6.01. The number of hydrogen-bond donors (Lipinski definition) is 3. The lowest BCUT2D eigenvalue weighted by molar-refractivity contribution is 0.0949. The van der Waals surface area contributed by atoms with Gasteiger partial charge < -0.3 is 16.0 Å². The van der Waals surface area contributed by atoms with Crippen molar-refractivity contribution in [1.29, 1.82) is 0 Å². The van der Waals surface area contributed by atoms with Crippen LogP contribution in [0.3, 0.4) is 0 Å². The van der Waals surface area contributed by atoms with Gasteiger partial charge in [-0.25, -0.2) is 8.42 Å². The Hall–Kier alpha value is -1.68. The van der Waals surface area contributed by atoms with Gasteiger partial charge in [-0.3, -0.25) is 4.79 Å². The summed E-state index contributed by atoms with van der Waals surface area (Å²) in [7, 11) is -3.55. The van der Waals surface area contributed by atoms with Gasteiger partial charge in [0.15, 0.2) is 0 Å². The molecule has 0 spiro atoms. The number of amides is 1. The number of aromatic amines is 1. The molecule has 3 rings (SSSR count). The van der Waals surface area contributed by atoms with Crippen LogP contribution in [-0.4, -0.2) is 54.8 Å². The van der Waals surface area contributed by atoms with Crippen LogP contribution < -0.4 is 11.1 Å². The minimum Gasteiger partial charge on any atom is -0.399 e. The number of sulfonamides is 1. The monoisotopic (exact) mass is 430 g/mol. The second-order valence-corrected chi connectivity index (χ2v) is 9.18. The molecule has 1 aliphatic rings. The Kier molecular flexibility index (Phi) is 7.60. The molecule has 1 aromatic heterocycles. The Balaban J connectivity index is 0.00000261. The Labute approximate surface area is 169 Å². The van der Waals surface area contributed by atoms with Gasteiger partial charge in [0.05, 0.1) is 0 Å². The molecule has 27 heavy (non-hydrogen) atoms. The number of rotatable bonds is 6. The van der Waals surface area contributed by atoms with E-state index in [4.69, 9.17) is 5.73 Å². The van der Waals surface area contributed by atoms with Crippen molar-refractivity contribution in [3.05, 3.63) is 47.8 Å². The number of nitrogens with zero attached hydrogens (tertiary/aromatic N) is 1. The normalized spacial score (nSPS) is 15.1. The lowest BCUT2D eigenvalue weighted by atomic mass is 10.1. The van der Waals surface area contributed by atoms with Crippen molar-refractivity contribution >= 4 is 45.8 Å². The molecular weight excluding hydrogens is 408 g/mol. The number of benzene rings is 1. The third-order valence-corrected chi connectivity index (χ3v) is 7.01. The standard InChI is InChI=1S/C17H22N4O3S2.ClH/c18-14-3-1-13(2-4-14)5-6-19-17(22)16-11-15(12-20-16)26(23,24)21-7-9-25-10-8-21;/h1-4,11-12,20H,5-10,18H2,(H,19,22);1H. The average Bonchev–Trinajstić information content (AvgIpc) is 3.15. The van der Waals surface area contributed by atoms with E-state index in [2.05, 4.69) is 10.3 Å². The van der Waals surface area contributed by atoms with Gasteiger partial charge in [0.2, 0.25) is 10.0 Å². The first-order valence-electron chi connectivity index (χ1n) is 8.36. The fourth-order valence-electron chi connectivity index (χ4n) is 2.69. The van der Waals surface area contributed by atoms with Crippen molar-refractivity contribution < 1.29 is 13.2 Å². The van der Waals surface area contributed by atoms with Gasteiger partial charge in [-0.2, -0.15) is 16.1 Å². The van der Waals surface area contributed by atoms with E-state index in [9.17, 15) is 13.2 Å². The number of aromatic nitrogens is 1. The highest BCUT2D eigenvalue weighted by Gasteiger charge is 2.27. The molecule has 1 fully saturated rings. The number of anilines is 1. The van der Waals surface area contributed by atoms with Crippen LogP contribution in [0.1, 0.15) is 16.1 Å². The van der Waals surface area contributed by atoms with Gasteiger partial charge in [-0.1, -0.05) is 12.1 Å². The maximum Gasteiger partial charge on any atom is 0.267 e. The topological polar surface area (TPSA) is 108 Å². The largest absolute Gasteiger partial charge is 0.399 e. The van der Waals surface area contributed by atoms with Crippen LogP contribution in [0.2, 0.25) is 0 Å². The maximum atomic E-state index is 12.6. The van der Waals surface area contributed by atoms with Crippen molar-refractivity contribution in [2.75, 3.05) is 36.9 Å². The summed E-state index contributed by atoms with van der Waals surface area (Å²) in [4.78, 5) is 15.1. The first kappa shape index (κ1) is 21.6. The number of thioether (sulfide) groups is 1. The zero-order valence-corrected chi connectivity index (χ0v) is 17.1. The van der Waals surface area contributed by atoms with Crippen LogP contribution in [0.25, 0.3) is 0 Å². The summed E-state index contributed by atoms with van der Waals surface area (Å²) in [5.41, 5.74) is 7.65. The smallest absolute Gasteiger partial charge is 0.267 e. The lowest BCUT2D eigenvalue weighted by Crippen LogP contribution is -2.37. The van der Waals surface area contributed by atoms with Crippen LogP contribution in [0.4, 0.5) is 5.69 Å². The van der Waals surface area contributed by atoms with Crippen LogP contribution in [0.5, 0.6) is 0 Å². The summed E-state index contributed by atoms with van der Waals surface area (Å²) >= 11 is 1.74. The van der Waals surface area contributed by atoms with E-state index in [1.54, 1.807) is 11.8 Å². The Morgan fingerprint density at radius 1 is 1.22 bits per heavy atom. The third kappa shape index (κ3) is 5.41. The molecule has 2 heterocycles. The van der Waals surface area contributed by atoms with E-state index in [1.165, 1.54) is 16.6 Å². The van der Waals surface area contributed by atoms with E-state index in [0.717, 1.165) is 17.1 Å². The molecule has 1 saturated heterocycles. The number of halogens is 1. The van der Waals surface area contributed by atoms with E-state index >= 15 is 0 Å². The molecule has 0 saturated carbocycles. The molecule has 10 heteroatoms. The van der Waals surface area contributed by atoms with Gasteiger partial charge >= 0.3 is 0 Å². The molecule has 2 aromatic rings. The molecule has 148 valence electrons. The van der Waals surface area contributed by atoms with Crippen molar-refractivity contribution in [2.24, 2.45) is 0 Å². The molecule has 1 amide bonds. The minimum atomic E-state index is -3.55. The summed E-state index contributed by atoms with van der Waals surface area (Å²) in [6.45, 7) is 1.45. The summed E-state index contributed by atoms with van der Waals surface area (Å²) in [5, 5.41) is 2.79. The zero-order chi connectivity index (χ0) is 18.6. The van der Waals surface area contributed by atoms with E-state index in [0.29, 0.717) is 31.7 Å². The zero-order valence-electron chi connectivity index (χ0n) is 14.7. The molecular formula is C17H23ClN4O3S2. The number of carbonyl (C=O) groups is 1. The van der Waals surface area contributed by atoms with Crippen molar-refractivity contribution in [1.82, 2.24) is 14.6 Å². The van der Waals surface area contributed by atoms with E-state index in [-0.39, 0.29) is 28.9 Å². The highest BCUT2D eigenvalue weighted by Crippen LogP contribution is 2.20. The quantitative estimate of drug-likeness (QED) is 0.605. The number of nitrogens with two attached hydrogens (primary N) is 1. The Morgan fingerprint density at radius 2 is 1.89 bits per heavy atom. The molecule has 1 aromatic carbocycles. The second kappa shape index (κ2) is 9.50. The lowest BCUT2D eigenvalue weighted by Gasteiger charge is -2.24. The van der Waals surface area contributed by atoms with Gasteiger partial charge in [0.1, 0.15) is 10.6 Å². The van der Waals surface area contributed by atoms with Crippen LogP contribution >= 0.6 is 24.2 Å². The van der Waals surface area contributed by atoms with Crippen LogP contribution in [0.15, 0.2) is 41.4 Å². The number of nitrogens with one attached hydrogen (secondary N) is 2. The molecule has 1 aliphatic heterocycles. The number of hydrogen-bond acceptors (Lipinski definition) is 5. The number of H-pyrrole nitrogens is 1. The molecule has 0 aliphatic carbocycles. The summed E-state index contributed by atoms with van der Waals surface area (Å²) in [5.74, 6) is 1.26. The molecule has 0 bridgehead atoms. The predicted octanol–water partition coefficient (Wildman–Crippen LogP) is 1.73. The van der Waals surface area contributed by atoms with E-state index in [1.807, 2.05) is 24.3 Å². The Bertz CT molecular complexity index is 863. The van der Waals surface area contributed by atoms with Gasteiger partial charge in [0, 0.05) is 43.0 Å². The Morgan fingerprint density at radius 3 is 2.56 bits per heavy atom. The van der Waals surface area contributed by atoms with Gasteiger partial charge in [-0.15, -0.1) is 12.4 Å². The van der Waals surface area contributed by atoms with Crippen molar-refractivity contribution in [3.63, 3.8) is 0 Å². The van der Waals surface area contributed by atoms with Gasteiger partial charge in [0.25, 0.3) is 5.91 Å². The summed E-state index contributed by atoms with van der Waals surface area (Å²) in [6, 6.07) is 8.86. The number of carbonyl (C=O) groups excluding carboxylic acids is 1. The minimum absolute atomic E-state index is 0. The van der Waals surface area contributed by atoms with E-state index < -0.39 is 10.0 Å². The fraction of sp³-hybridized carbons (Fsp3) is 0.353. The van der Waals surface area contributed by atoms with Crippen molar-refractivity contribution in [3.8, 4) is 0 Å². The van der Waals surface area contributed by atoms with Crippen molar-refractivity contribution in [2.45, 2.75) is 11.3 Å². The molecule has 0 atom stereocenters. The predicted molar refractivity (Wildman–Crippen MR) is 111 cm³/mol. The first-order valence-corrected chi connectivity index (χ1v) is 11.0. The maximum absolute atomic E-state index is 12.6. The summed E-state index contributed by atoms with van der Waals surface area (Å²) < 4.78 is 26.7.